The maximum Gasteiger partial charge on any atom is 0.287 e. The van der Waals surface area contributed by atoms with Gasteiger partial charge in [-0.2, -0.15) is 0 Å². The highest BCUT2D eigenvalue weighted by Crippen LogP contribution is 2.18. The van der Waals surface area contributed by atoms with E-state index < -0.39 is 11.5 Å². The van der Waals surface area contributed by atoms with Gasteiger partial charge in [0, 0.05) is 0 Å². The molecule has 0 radical (unpaired) electrons. The van der Waals surface area contributed by atoms with E-state index in [4.69, 9.17) is 9.57 Å². The minimum Gasteiger partial charge on any atom is -0.478 e. The number of benzene rings is 1. The number of carbonyl (C=O) groups excluding carboxylic acids is 1. The lowest BCUT2D eigenvalue weighted by Crippen LogP contribution is -2.46. The Kier molecular flexibility index (Phi) is 4.45. The van der Waals surface area contributed by atoms with Crippen LogP contribution in [0.25, 0.3) is 0 Å². The molecule has 0 heterocycles. The molecule has 0 aliphatic heterocycles. The smallest absolute Gasteiger partial charge is 0.287 e. The molecule has 1 aromatic rings. The first-order chi connectivity index (χ1) is 7.95. The number of halogens is 1. The summed E-state index contributed by atoms with van der Waals surface area (Å²) in [7, 11) is 0. The summed E-state index contributed by atoms with van der Waals surface area (Å²) in [4.78, 5) is 16.5. The molecule has 5 heteroatoms. The number of carbonyl (C=O) groups is 1. The zero-order chi connectivity index (χ0) is 12.9. The van der Waals surface area contributed by atoms with Gasteiger partial charge in [-0.15, -0.1) is 0 Å². The van der Waals surface area contributed by atoms with Crippen molar-refractivity contribution in [1.29, 1.82) is 0 Å². The highest BCUT2D eigenvalue weighted by Gasteiger charge is 2.30. The van der Waals surface area contributed by atoms with Crippen LogP contribution < -0.4 is 10.2 Å². The molecule has 1 aromatic carbocycles. The third-order valence-electron chi connectivity index (χ3n) is 2.04. The van der Waals surface area contributed by atoms with E-state index in [1.807, 2.05) is 0 Å². The van der Waals surface area contributed by atoms with Crippen LogP contribution in [-0.4, -0.2) is 18.1 Å². The Morgan fingerprint density at radius 2 is 1.94 bits per heavy atom. The van der Waals surface area contributed by atoms with Gasteiger partial charge in [0.25, 0.3) is 5.91 Å². The molecule has 1 amide bonds. The molecular formula is C12H16FNO3. The van der Waals surface area contributed by atoms with E-state index >= 15 is 0 Å². The molecule has 0 unspecified atom stereocenters. The summed E-state index contributed by atoms with van der Waals surface area (Å²) in [6.07, 6.45) is 0. The fraction of sp³-hybridized carbons (Fsp3) is 0.417. The number of ether oxygens (including phenoxy) is 1. The molecule has 0 aliphatic rings. The van der Waals surface area contributed by atoms with Crippen LogP contribution in [0, 0.1) is 5.82 Å². The molecule has 17 heavy (non-hydrogen) atoms. The average molecular weight is 241 g/mol. The molecule has 0 saturated carbocycles. The summed E-state index contributed by atoms with van der Waals surface area (Å²) in [5, 5.41) is 0. The third kappa shape index (κ3) is 4.03. The largest absolute Gasteiger partial charge is 0.478 e. The van der Waals surface area contributed by atoms with Crippen molar-refractivity contribution in [3.05, 3.63) is 30.1 Å². The molecule has 94 valence electrons. The Labute approximate surface area is 99.7 Å². The minimum absolute atomic E-state index is 0.353. The lowest BCUT2D eigenvalue weighted by molar-refractivity contribution is -0.147. The number of nitrogens with one attached hydrogen (secondary N) is 1. The van der Waals surface area contributed by atoms with Crippen molar-refractivity contribution in [2.24, 2.45) is 0 Å². The zero-order valence-corrected chi connectivity index (χ0v) is 10.1. The van der Waals surface area contributed by atoms with Crippen LogP contribution in [0.5, 0.6) is 5.75 Å². The number of amides is 1. The monoisotopic (exact) mass is 241 g/mol. The van der Waals surface area contributed by atoms with Gasteiger partial charge < -0.3 is 4.74 Å². The van der Waals surface area contributed by atoms with Gasteiger partial charge >= 0.3 is 0 Å². The topological polar surface area (TPSA) is 47.6 Å². The van der Waals surface area contributed by atoms with E-state index in [1.54, 1.807) is 20.8 Å². The second-order valence-electron chi connectivity index (χ2n) is 3.93. The highest BCUT2D eigenvalue weighted by molar-refractivity contribution is 5.83. The average Bonchev–Trinajstić information content (AvgIpc) is 2.28. The van der Waals surface area contributed by atoms with Crippen molar-refractivity contribution >= 4 is 5.91 Å². The van der Waals surface area contributed by atoms with E-state index in [1.165, 1.54) is 24.3 Å². The zero-order valence-electron chi connectivity index (χ0n) is 10.1. The summed E-state index contributed by atoms with van der Waals surface area (Å²) < 4.78 is 18.1. The lowest BCUT2D eigenvalue weighted by atomic mass is 10.1. The molecule has 0 fully saturated rings. The molecule has 0 aromatic heterocycles. The summed E-state index contributed by atoms with van der Waals surface area (Å²) >= 11 is 0. The second-order valence-corrected chi connectivity index (χ2v) is 3.93. The van der Waals surface area contributed by atoms with E-state index in [0.717, 1.165) is 0 Å². The van der Waals surface area contributed by atoms with Gasteiger partial charge in [0.15, 0.2) is 5.60 Å². The number of hydroxylamine groups is 1. The fourth-order valence-corrected chi connectivity index (χ4v) is 1.10. The second kappa shape index (κ2) is 5.63. The summed E-state index contributed by atoms with van der Waals surface area (Å²) in [5.74, 6) is -0.333. The van der Waals surface area contributed by atoms with E-state index in [2.05, 4.69) is 5.48 Å². The minimum atomic E-state index is -1.09. The van der Waals surface area contributed by atoms with Crippen LogP contribution in [0.2, 0.25) is 0 Å². The quantitative estimate of drug-likeness (QED) is 0.802. The SMILES string of the molecule is CCONC(=O)C(C)(C)Oc1ccc(F)cc1. The Morgan fingerprint density at radius 3 is 2.47 bits per heavy atom. The molecule has 1 rings (SSSR count). The Balaban J connectivity index is 2.65. The molecule has 0 spiro atoms. The van der Waals surface area contributed by atoms with E-state index in [9.17, 15) is 9.18 Å². The first-order valence-corrected chi connectivity index (χ1v) is 5.32. The van der Waals surface area contributed by atoms with Gasteiger partial charge in [0.1, 0.15) is 11.6 Å². The van der Waals surface area contributed by atoms with Crippen LogP contribution in [-0.2, 0) is 9.63 Å². The maximum absolute atomic E-state index is 12.7. The van der Waals surface area contributed by atoms with Crippen LogP contribution in [0.3, 0.4) is 0 Å². The van der Waals surface area contributed by atoms with Crippen molar-refractivity contribution in [3.63, 3.8) is 0 Å². The first-order valence-electron chi connectivity index (χ1n) is 5.32. The summed E-state index contributed by atoms with van der Waals surface area (Å²) in [6.45, 7) is 5.34. The highest BCUT2D eigenvalue weighted by atomic mass is 19.1. The van der Waals surface area contributed by atoms with Crippen molar-refractivity contribution in [1.82, 2.24) is 5.48 Å². The summed E-state index contributed by atoms with van der Waals surface area (Å²) in [5.41, 5.74) is 1.18. The third-order valence-corrected chi connectivity index (χ3v) is 2.04. The van der Waals surface area contributed by atoms with Crippen LogP contribution in [0.1, 0.15) is 20.8 Å². The van der Waals surface area contributed by atoms with Gasteiger partial charge in [-0.1, -0.05) is 0 Å². The van der Waals surface area contributed by atoms with Crippen molar-refractivity contribution in [3.8, 4) is 5.75 Å². The van der Waals surface area contributed by atoms with Crippen molar-refractivity contribution < 1.29 is 18.8 Å². The molecule has 0 aliphatic carbocycles. The standard InChI is InChI=1S/C12H16FNO3/c1-4-16-14-11(15)12(2,3)17-10-7-5-9(13)6-8-10/h5-8H,4H2,1-3H3,(H,14,15). The van der Waals surface area contributed by atoms with E-state index in [0.29, 0.717) is 12.4 Å². The number of hydrogen-bond donors (Lipinski definition) is 1. The normalized spacial score (nSPS) is 11.1. The van der Waals surface area contributed by atoms with Gasteiger partial charge in [-0.05, 0) is 45.0 Å². The van der Waals surface area contributed by atoms with Gasteiger partial charge in [-0.3, -0.25) is 9.63 Å². The first kappa shape index (κ1) is 13.4. The molecule has 0 atom stereocenters. The predicted molar refractivity (Wildman–Crippen MR) is 60.9 cm³/mol. The summed E-state index contributed by atoms with van der Waals surface area (Å²) in [6, 6.07) is 5.47. The lowest BCUT2D eigenvalue weighted by Gasteiger charge is -2.24. The van der Waals surface area contributed by atoms with Gasteiger partial charge in [-0.25, -0.2) is 9.87 Å². The molecule has 1 N–H and O–H groups in total. The van der Waals surface area contributed by atoms with Crippen molar-refractivity contribution in [2.75, 3.05) is 6.61 Å². The molecule has 0 saturated heterocycles. The number of rotatable bonds is 5. The molecular weight excluding hydrogens is 225 g/mol. The Morgan fingerprint density at radius 1 is 1.35 bits per heavy atom. The maximum atomic E-state index is 12.7. The van der Waals surface area contributed by atoms with Crippen LogP contribution in [0.4, 0.5) is 4.39 Å². The van der Waals surface area contributed by atoms with Crippen molar-refractivity contribution in [2.45, 2.75) is 26.4 Å². The van der Waals surface area contributed by atoms with Crippen LogP contribution in [0.15, 0.2) is 24.3 Å². The van der Waals surface area contributed by atoms with Gasteiger partial charge in [0.2, 0.25) is 0 Å². The Bertz CT molecular complexity index is 376. The predicted octanol–water partition coefficient (Wildman–Crippen LogP) is 2.05. The van der Waals surface area contributed by atoms with Crippen LogP contribution >= 0.6 is 0 Å². The fourth-order valence-electron chi connectivity index (χ4n) is 1.10. The Hall–Kier alpha value is -1.62. The van der Waals surface area contributed by atoms with E-state index in [-0.39, 0.29) is 5.82 Å². The van der Waals surface area contributed by atoms with Gasteiger partial charge in [0.05, 0.1) is 6.61 Å². The molecule has 0 bridgehead atoms. The molecule has 4 nitrogen and oxygen atoms in total. The number of hydrogen-bond acceptors (Lipinski definition) is 3.